The van der Waals surface area contributed by atoms with Crippen molar-refractivity contribution in [3.05, 3.63) is 10.6 Å². The van der Waals surface area contributed by atoms with Gasteiger partial charge in [-0.1, -0.05) is 46.0 Å². The number of hydrogen-bond acceptors (Lipinski definition) is 4. The van der Waals surface area contributed by atoms with Crippen LogP contribution in [0.2, 0.25) is 0 Å². The van der Waals surface area contributed by atoms with Crippen LogP contribution in [0.3, 0.4) is 0 Å². The van der Waals surface area contributed by atoms with Gasteiger partial charge in [-0.3, -0.25) is 0 Å². The Kier molecular flexibility index (Phi) is 5.31. The van der Waals surface area contributed by atoms with E-state index < -0.39 is 0 Å². The fourth-order valence-corrected chi connectivity index (χ4v) is 4.19. The maximum atomic E-state index is 4.96. The fourth-order valence-electron chi connectivity index (χ4n) is 3.04. The lowest BCUT2D eigenvalue weighted by Crippen LogP contribution is -2.32. The van der Waals surface area contributed by atoms with E-state index in [4.69, 9.17) is 4.98 Å². The Balaban J connectivity index is 2.18. The highest BCUT2D eigenvalue weighted by Crippen LogP contribution is 2.44. The van der Waals surface area contributed by atoms with Gasteiger partial charge in [0, 0.05) is 24.5 Å². The van der Waals surface area contributed by atoms with Crippen molar-refractivity contribution < 1.29 is 0 Å². The minimum absolute atomic E-state index is 0.349. The quantitative estimate of drug-likeness (QED) is 0.851. The summed E-state index contributed by atoms with van der Waals surface area (Å²) in [6.07, 6.45) is 3.55. The molecule has 1 N–H and O–H groups in total. The summed E-state index contributed by atoms with van der Waals surface area (Å²) in [5.74, 6) is 0.746. The third-order valence-corrected chi connectivity index (χ3v) is 5.58. The van der Waals surface area contributed by atoms with E-state index in [1.807, 2.05) is 11.3 Å². The van der Waals surface area contributed by atoms with Crippen LogP contribution in [-0.2, 0) is 6.42 Å². The van der Waals surface area contributed by atoms with Gasteiger partial charge < -0.3 is 10.2 Å². The molecule has 1 unspecified atom stereocenters. The van der Waals surface area contributed by atoms with E-state index in [1.54, 1.807) is 0 Å². The van der Waals surface area contributed by atoms with Crippen molar-refractivity contribution in [3.63, 3.8) is 0 Å². The Morgan fingerprint density at radius 3 is 2.76 bits per heavy atom. The SMILES string of the molecule is CCNC1CC(C)(C)Cc2nc(N(C)CCC(C)C)sc21. The molecule has 0 radical (unpaired) electrons. The third kappa shape index (κ3) is 4.19. The lowest BCUT2D eigenvalue weighted by molar-refractivity contribution is 0.260. The summed E-state index contributed by atoms with van der Waals surface area (Å²) in [6, 6.07) is 0.485. The standard InChI is InChI=1S/C17H31N3S/c1-7-18-13-10-17(4,5)11-14-15(13)21-16(19-14)20(6)9-8-12(2)3/h12-13,18H,7-11H2,1-6H3. The molecular formula is C17H31N3S. The average molecular weight is 310 g/mol. The maximum Gasteiger partial charge on any atom is 0.185 e. The normalized spacial score (nSPS) is 20.6. The highest BCUT2D eigenvalue weighted by molar-refractivity contribution is 7.15. The topological polar surface area (TPSA) is 28.2 Å². The molecule has 21 heavy (non-hydrogen) atoms. The highest BCUT2D eigenvalue weighted by atomic mass is 32.1. The van der Waals surface area contributed by atoms with Crippen molar-refractivity contribution in [1.82, 2.24) is 10.3 Å². The zero-order chi connectivity index (χ0) is 15.6. The number of rotatable bonds is 6. The van der Waals surface area contributed by atoms with E-state index in [0.717, 1.165) is 25.4 Å². The molecule has 2 rings (SSSR count). The fraction of sp³-hybridized carbons (Fsp3) is 0.824. The summed E-state index contributed by atoms with van der Waals surface area (Å²) in [4.78, 5) is 8.77. The molecule has 0 saturated heterocycles. The van der Waals surface area contributed by atoms with Gasteiger partial charge >= 0.3 is 0 Å². The van der Waals surface area contributed by atoms with E-state index in [0.29, 0.717) is 11.5 Å². The molecule has 0 saturated carbocycles. The van der Waals surface area contributed by atoms with Crippen LogP contribution in [-0.4, -0.2) is 25.1 Å². The van der Waals surface area contributed by atoms with Crippen molar-refractivity contribution >= 4 is 16.5 Å². The molecule has 0 aromatic carbocycles. The van der Waals surface area contributed by atoms with Crippen molar-refractivity contribution in [2.75, 3.05) is 25.0 Å². The van der Waals surface area contributed by atoms with E-state index in [2.05, 4.69) is 51.9 Å². The zero-order valence-corrected chi connectivity index (χ0v) is 15.3. The summed E-state index contributed by atoms with van der Waals surface area (Å²) >= 11 is 1.90. The van der Waals surface area contributed by atoms with Gasteiger partial charge in [-0.15, -0.1) is 0 Å². The average Bonchev–Trinajstić information content (AvgIpc) is 2.78. The first-order chi connectivity index (χ1) is 9.82. The molecule has 1 heterocycles. The smallest absolute Gasteiger partial charge is 0.185 e. The van der Waals surface area contributed by atoms with Crippen molar-refractivity contribution in [2.24, 2.45) is 11.3 Å². The minimum Gasteiger partial charge on any atom is -0.351 e. The lowest BCUT2D eigenvalue weighted by Gasteiger charge is -2.34. The Labute approximate surface area is 134 Å². The number of hydrogen-bond donors (Lipinski definition) is 1. The van der Waals surface area contributed by atoms with Crippen LogP contribution in [0.5, 0.6) is 0 Å². The van der Waals surface area contributed by atoms with Crippen LogP contribution >= 0.6 is 11.3 Å². The second kappa shape index (κ2) is 6.66. The number of nitrogens with zero attached hydrogens (tertiary/aromatic N) is 2. The third-order valence-electron chi connectivity index (χ3n) is 4.25. The highest BCUT2D eigenvalue weighted by Gasteiger charge is 2.35. The van der Waals surface area contributed by atoms with E-state index in [9.17, 15) is 0 Å². The predicted molar refractivity (Wildman–Crippen MR) is 93.4 cm³/mol. The summed E-state index contributed by atoms with van der Waals surface area (Å²) in [6.45, 7) is 13.6. The van der Waals surface area contributed by atoms with Crippen LogP contribution in [0.25, 0.3) is 0 Å². The first-order valence-corrected chi connectivity index (χ1v) is 9.08. The monoisotopic (exact) mass is 309 g/mol. The first-order valence-electron chi connectivity index (χ1n) is 8.26. The Morgan fingerprint density at radius 2 is 2.14 bits per heavy atom. The van der Waals surface area contributed by atoms with Gasteiger partial charge in [0.05, 0.1) is 5.69 Å². The van der Waals surface area contributed by atoms with Crippen molar-refractivity contribution in [1.29, 1.82) is 0 Å². The van der Waals surface area contributed by atoms with Gasteiger partial charge in [0.15, 0.2) is 5.13 Å². The molecule has 1 atom stereocenters. The molecule has 4 heteroatoms. The Hall–Kier alpha value is -0.610. The molecule has 1 aliphatic rings. The molecule has 0 amide bonds. The van der Waals surface area contributed by atoms with Gasteiger partial charge in [-0.25, -0.2) is 4.98 Å². The van der Waals surface area contributed by atoms with Gasteiger partial charge in [0.2, 0.25) is 0 Å². The van der Waals surface area contributed by atoms with Crippen LogP contribution in [0.15, 0.2) is 0 Å². The summed E-state index contributed by atoms with van der Waals surface area (Å²) < 4.78 is 0. The second-order valence-corrected chi connectivity index (χ2v) is 8.58. The largest absolute Gasteiger partial charge is 0.351 e. The molecule has 0 aliphatic heterocycles. The Morgan fingerprint density at radius 1 is 1.43 bits per heavy atom. The molecule has 0 bridgehead atoms. The number of nitrogens with one attached hydrogen (secondary N) is 1. The van der Waals surface area contributed by atoms with Crippen LogP contribution in [0, 0.1) is 11.3 Å². The molecule has 0 spiro atoms. The molecule has 1 aliphatic carbocycles. The van der Waals surface area contributed by atoms with Crippen LogP contribution in [0.4, 0.5) is 5.13 Å². The molecule has 1 aromatic heterocycles. The Bertz CT molecular complexity index is 465. The summed E-state index contributed by atoms with van der Waals surface area (Å²) in [5, 5.41) is 4.85. The van der Waals surface area contributed by atoms with Crippen molar-refractivity contribution in [3.8, 4) is 0 Å². The van der Waals surface area contributed by atoms with Crippen molar-refractivity contribution in [2.45, 2.75) is 59.9 Å². The van der Waals surface area contributed by atoms with Crippen LogP contribution < -0.4 is 10.2 Å². The van der Waals surface area contributed by atoms with Gasteiger partial charge in [0.25, 0.3) is 0 Å². The zero-order valence-electron chi connectivity index (χ0n) is 14.5. The van der Waals surface area contributed by atoms with E-state index in [-0.39, 0.29) is 0 Å². The second-order valence-electron chi connectivity index (χ2n) is 7.57. The van der Waals surface area contributed by atoms with E-state index in [1.165, 1.54) is 28.5 Å². The van der Waals surface area contributed by atoms with Crippen LogP contribution in [0.1, 0.15) is 64.1 Å². The number of anilines is 1. The first kappa shape index (κ1) is 16.8. The molecular weight excluding hydrogens is 278 g/mol. The minimum atomic E-state index is 0.349. The number of fused-ring (bicyclic) bond motifs is 1. The molecule has 3 nitrogen and oxygen atoms in total. The van der Waals surface area contributed by atoms with Gasteiger partial charge in [-0.2, -0.15) is 0 Å². The molecule has 0 fully saturated rings. The number of thiazole rings is 1. The molecule has 1 aromatic rings. The summed E-state index contributed by atoms with van der Waals surface area (Å²) in [7, 11) is 2.18. The lowest BCUT2D eigenvalue weighted by atomic mass is 9.76. The van der Waals surface area contributed by atoms with Gasteiger partial charge in [-0.05, 0) is 37.1 Å². The molecule has 120 valence electrons. The maximum absolute atomic E-state index is 4.96. The predicted octanol–water partition coefficient (Wildman–Crippen LogP) is 4.25. The summed E-state index contributed by atoms with van der Waals surface area (Å²) in [5.41, 5.74) is 1.68. The van der Waals surface area contributed by atoms with Gasteiger partial charge in [0.1, 0.15) is 0 Å². The number of aromatic nitrogens is 1. The van der Waals surface area contributed by atoms with E-state index >= 15 is 0 Å².